The molecule has 1 aromatic carbocycles. The van der Waals surface area contributed by atoms with Crippen molar-refractivity contribution in [2.24, 2.45) is 5.10 Å². The number of rotatable bonds is 3. The molecule has 1 aromatic heterocycles. The maximum atomic E-state index is 11.8. The van der Waals surface area contributed by atoms with Gasteiger partial charge in [-0.3, -0.25) is 9.89 Å². The predicted octanol–water partition coefficient (Wildman–Crippen LogP) is 2.21. The number of hydrogen-bond donors (Lipinski definition) is 1. The van der Waals surface area contributed by atoms with Gasteiger partial charge in [0.15, 0.2) is 0 Å². The highest BCUT2D eigenvalue weighted by molar-refractivity contribution is 7.98. The molecule has 2 rings (SSSR count). The highest BCUT2D eigenvalue weighted by atomic mass is 32.2. The molecule has 1 N–H and O–H groups in total. The lowest BCUT2D eigenvalue weighted by atomic mass is 10.2. The van der Waals surface area contributed by atoms with Gasteiger partial charge in [0.05, 0.1) is 6.21 Å². The minimum absolute atomic E-state index is 0.174. The summed E-state index contributed by atoms with van der Waals surface area (Å²) in [6.45, 7) is 1.60. The van der Waals surface area contributed by atoms with Crippen LogP contribution < -0.4 is 5.56 Å². The molecule has 0 unspecified atom stereocenters. The van der Waals surface area contributed by atoms with E-state index in [1.165, 1.54) is 4.90 Å². The van der Waals surface area contributed by atoms with Crippen molar-refractivity contribution >= 4 is 30.2 Å². The highest BCUT2D eigenvalue weighted by Gasteiger charge is 2.00. The van der Waals surface area contributed by atoms with Crippen LogP contribution in [-0.4, -0.2) is 27.3 Å². The van der Waals surface area contributed by atoms with Gasteiger partial charge in [-0.15, -0.1) is 11.8 Å². The topological polar surface area (TPSA) is 63.0 Å². The van der Waals surface area contributed by atoms with Gasteiger partial charge >= 0.3 is 0 Å². The number of aromatic nitrogens is 3. The van der Waals surface area contributed by atoms with Crippen molar-refractivity contribution in [3.63, 3.8) is 0 Å². The number of benzene rings is 1. The van der Waals surface area contributed by atoms with Crippen LogP contribution in [0.2, 0.25) is 0 Å². The van der Waals surface area contributed by atoms with E-state index in [9.17, 15) is 4.79 Å². The Morgan fingerprint density at radius 3 is 2.74 bits per heavy atom. The second-order valence-corrected chi connectivity index (χ2v) is 5.02. The van der Waals surface area contributed by atoms with E-state index in [2.05, 4.69) is 15.3 Å². The van der Waals surface area contributed by atoms with Gasteiger partial charge in [-0.1, -0.05) is 12.1 Å². The van der Waals surface area contributed by atoms with Crippen molar-refractivity contribution in [3.05, 3.63) is 50.6 Å². The van der Waals surface area contributed by atoms with Crippen molar-refractivity contribution in [3.8, 4) is 0 Å². The Balaban J connectivity index is 2.35. The summed E-state index contributed by atoms with van der Waals surface area (Å²) < 4.78 is 1.30. The van der Waals surface area contributed by atoms with Crippen LogP contribution in [0.5, 0.6) is 0 Å². The Labute approximate surface area is 119 Å². The Kier molecular flexibility index (Phi) is 4.28. The zero-order chi connectivity index (χ0) is 13.8. The minimum atomic E-state index is -0.319. The Morgan fingerprint density at radius 2 is 2.11 bits per heavy atom. The third-order valence-corrected chi connectivity index (χ3v) is 3.46. The normalized spacial score (nSPS) is 11.1. The van der Waals surface area contributed by atoms with Crippen molar-refractivity contribution in [1.82, 2.24) is 14.9 Å². The van der Waals surface area contributed by atoms with Crippen LogP contribution in [0, 0.1) is 11.7 Å². The lowest BCUT2D eigenvalue weighted by Crippen LogP contribution is -2.22. The smallest absolute Gasteiger partial charge is 0.265 e. The number of nitrogens with one attached hydrogen (secondary N) is 1. The van der Waals surface area contributed by atoms with Gasteiger partial charge in [-0.05, 0) is 43.1 Å². The van der Waals surface area contributed by atoms with Crippen LogP contribution in [0.25, 0.3) is 0 Å². The van der Waals surface area contributed by atoms with Crippen LogP contribution in [0.3, 0.4) is 0 Å². The lowest BCUT2D eigenvalue weighted by molar-refractivity contribution is 0.720. The molecule has 19 heavy (non-hydrogen) atoms. The molecule has 1 heterocycles. The first-order valence-electron chi connectivity index (χ1n) is 5.48. The molecule has 7 heteroatoms. The predicted molar refractivity (Wildman–Crippen MR) is 79.6 cm³/mol. The van der Waals surface area contributed by atoms with E-state index in [-0.39, 0.29) is 10.3 Å². The van der Waals surface area contributed by atoms with Crippen LogP contribution in [0.15, 0.2) is 39.1 Å². The van der Waals surface area contributed by atoms with Gasteiger partial charge in [-0.25, -0.2) is 0 Å². The minimum Gasteiger partial charge on any atom is -0.265 e. The lowest BCUT2D eigenvalue weighted by Gasteiger charge is -1.99. The number of aromatic amines is 1. The fourth-order valence-corrected chi connectivity index (χ4v) is 1.98. The highest BCUT2D eigenvalue weighted by Crippen LogP contribution is 2.13. The first-order chi connectivity index (χ1) is 9.11. The van der Waals surface area contributed by atoms with Crippen LogP contribution in [0.4, 0.5) is 0 Å². The average molecular weight is 292 g/mol. The molecule has 0 amide bonds. The van der Waals surface area contributed by atoms with Gasteiger partial charge in [0.1, 0.15) is 5.69 Å². The van der Waals surface area contributed by atoms with Crippen molar-refractivity contribution in [1.29, 1.82) is 0 Å². The molecule has 5 nitrogen and oxygen atoms in total. The van der Waals surface area contributed by atoms with Crippen LogP contribution >= 0.6 is 24.0 Å². The Bertz CT molecular complexity index is 716. The number of H-pyrrole nitrogens is 1. The summed E-state index contributed by atoms with van der Waals surface area (Å²) in [4.78, 5) is 13.0. The summed E-state index contributed by atoms with van der Waals surface area (Å²) >= 11 is 6.65. The summed E-state index contributed by atoms with van der Waals surface area (Å²) in [5.41, 5.74) is 0.901. The van der Waals surface area contributed by atoms with E-state index in [0.29, 0.717) is 5.69 Å². The third-order valence-electron chi connectivity index (χ3n) is 2.45. The molecule has 0 aliphatic rings. The maximum absolute atomic E-state index is 11.8. The first-order valence-corrected chi connectivity index (χ1v) is 7.12. The summed E-state index contributed by atoms with van der Waals surface area (Å²) in [5, 5.41) is 10.4. The number of nitrogens with zero attached hydrogens (tertiary/aromatic N) is 3. The average Bonchev–Trinajstić information content (AvgIpc) is 2.44. The second kappa shape index (κ2) is 5.94. The maximum Gasteiger partial charge on any atom is 0.296 e. The van der Waals surface area contributed by atoms with Crippen molar-refractivity contribution < 1.29 is 0 Å². The molecule has 0 fully saturated rings. The SMILES string of the molecule is CSc1ccc(/C=N\n2c(=S)[nH]nc(C)c2=O)cc1. The molecule has 98 valence electrons. The molecule has 2 aromatic rings. The van der Waals surface area contributed by atoms with E-state index >= 15 is 0 Å². The molecule has 0 radical (unpaired) electrons. The number of thioether (sulfide) groups is 1. The van der Waals surface area contributed by atoms with Crippen LogP contribution in [-0.2, 0) is 0 Å². The molecule has 0 saturated carbocycles. The van der Waals surface area contributed by atoms with E-state index < -0.39 is 0 Å². The molecule has 0 bridgehead atoms. The zero-order valence-corrected chi connectivity index (χ0v) is 12.1. The fraction of sp³-hybridized carbons (Fsp3) is 0.167. The van der Waals surface area contributed by atoms with Gasteiger partial charge in [0, 0.05) is 4.90 Å². The fourth-order valence-electron chi connectivity index (χ4n) is 1.39. The summed E-state index contributed by atoms with van der Waals surface area (Å²) in [6, 6.07) is 7.85. The van der Waals surface area contributed by atoms with Gasteiger partial charge in [0.25, 0.3) is 5.56 Å². The molecule has 0 aliphatic carbocycles. The van der Waals surface area contributed by atoms with E-state index in [1.807, 2.05) is 30.5 Å². The zero-order valence-electron chi connectivity index (χ0n) is 10.5. The summed E-state index contributed by atoms with van der Waals surface area (Å²) in [5.74, 6) is 0. The quantitative estimate of drug-likeness (QED) is 0.535. The molecule has 0 saturated heterocycles. The van der Waals surface area contributed by atoms with Gasteiger partial charge in [0.2, 0.25) is 4.77 Å². The van der Waals surface area contributed by atoms with Crippen molar-refractivity contribution in [2.75, 3.05) is 6.26 Å². The van der Waals surface area contributed by atoms with E-state index in [0.717, 1.165) is 10.2 Å². The second-order valence-electron chi connectivity index (χ2n) is 3.75. The van der Waals surface area contributed by atoms with Crippen LogP contribution in [0.1, 0.15) is 11.3 Å². The van der Waals surface area contributed by atoms with Gasteiger partial charge in [-0.2, -0.15) is 14.9 Å². The van der Waals surface area contributed by atoms with Gasteiger partial charge < -0.3 is 0 Å². The largest absolute Gasteiger partial charge is 0.296 e. The summed E-state index contributed by atoms with van der Waals surface area (Å²) in [6.07, 6.45) is 3.61. The molecular weight excluding hydrogens is 280 g/mol. The molecule has 0 aliphatic heterocycles. The third kappa shape index (κ3) is 3.18. The first kappa shape index (κ1) is 13.7. The number of hydrogen-bond acceptors (Lipinski definition) is 5. The number of aryl methyl sites for hydroxylation is 1. The molecule has 0 spiro atoms. The Morgan fingerprint density at radius 1 is 1.42 bits per heavy atom. The Hall–Kier alpha value is -1.73. The monoisotopic (exact) mass is 292 g/mol. The molecule has 0 atom stereocenters. The molecular formula is C12H12N4OS2. The summed E-state index contributed by atoms with van der Waals surface area (Å²) in [7, 11) is 0. The van der Waals surface area contributed by atoms with E-state index in [1.54, 1.807) is 24.9 Å². The van der Waals surface area contributed by atoms with E-state index in [4.69, 9.17) is 12.2 Å². The van der Waals surface area contributed by atoms with Crippen molar-refractivity contribution in [2.45, 2.75) is 11.8 Å². The standard InChI is InChI=1S/C12H12N4OS2/c1-8-11(17)16(12(18)15-14-8)13-7-9-3-5-10(19-2)6-4-9/h3-7H,1-2H3,(H,15,18)/b13-7-.